The number of pyridine rings is 1. The first kappa shape index (κ1) is 18.5. The van der Waals surface area contributed by atoms with Crippen LogP contribution in [0.25, 0.3) is 11.5 Å². The number of benzene rings is 1. The van der Waals surface area contributed by atoms with E-state index in [0.29, 0.717) is 41.1 Å². The van der Waals surface area contributed by atoms with Gasteiger partial charge in [0.05, 0.1) is 41.1 Å². The van der Waals surface area contributed by atoms with Crippen molar-refractivity contribution in [3.8, 4) is 11.5 Å². The second-order valence-electron chi connectivity index (χ2n) is 6.87. The number of morpholine rings is 1. The van der Waals surface area contributed by atoms with Crippen LogP contribution in [0, 0.1) is 5.82 Å². The minimum atomic E-state index is -0.424. The Morgan fingerprint density at radius 2 is 2.03 bits per heavy atom. The summed E-state index contributed by atoms with van der Waals surface area (Å²) < 4.78 is 20.8. The van der Waals surface area contributed by atoms with Gasteiger partial charge in [-0.3, -0.25) is 4.79 Å². The van der Waals surface area contributed by atoms with Crippen LogP contribution in [0.4, 0.5) is 4.39 Å². The van der Waals surface area contributed by atoms with E-state index in [4.69, 9.17) is 27.9 Å². The van der Waals surface area contributed by atoms with Crippen LogP contribution >= 0.6 is 23.2 Å². The van der Waals surface area contributed by atoms with Crippen LogP contribution in [0.15, 0.2) is 36.5 Å². The Morgan fingerprint density at radius 1 is 1.17 bits per heavy atom. The van der Waals surface area contributed by atoms with E-state index in [9.17, 15) is 9.18 Å². The summed E-state index contributed by atoms with van der Waals surface area (Å²) in [5, 5.41) is 9.08. The van der Waals surface area contributed by atoms with Gasteiger partial charge in [-0.15, -0.1) is 10.2 Å². The smallest absolute Gasteiger partial charge is 0.256 e. The predicted octanol–water partition coefficient (Wildman–Crippen LogP) is 3.38. The Hall–Kier alpha value is -2.55. The van der Waals surface area contributed by atoms with Crippen LogP contribution in [0.2, 0.25) is 10.0 Å². The van der Waals surface area contributed by atoms with Crippen molar-refractivity contribution in [1.82, 2.24) is 24.6 Å². The molecule has 2 atom stereocenters. The van der Waals surface area contributed by atoms with Crippen LogP contribution in [-0.2, 0) is 11.3 Å². The molecule has 148 valence electrons. The number of nitrogens with zero attached hydrogens (tertiary/aromatic N) is 5. The number of hydrogen-bond acceptors (Lipinski definition) is 5. The number of fused-ring (bicyclic) bond motifs is 4. The number of hydrogen-bond donors (Lipinski definition) is 0. The minimum absolute atomic E-state index is 0.224. The zero-order valence-electron chi connectivity index (χ0n) is 14.9. The first-order chi connectivity index (χ1) is 14.0. The summed E-state index contributed by atoms with van der Waals surface area (Å²) >= 11 is 12.4. The van der Waals surface area contributed by atoms with Crippen LogP contribution in [-0.4, -0.2) is 49.8 Å². The molecule has 1 aromatic carbocycles. The predicted molar refractivity (Wildman–Crippen MR) is 103 cm³/mol. The summed E-state index contributed by atoms with van der Waals surface area (Å²) in [6.07, 6.45) is 1.14. The molecule has 1 saturated heterocycles. The van der Waals surface area contributed by atoms with Crippen molar-refractivity contribution in [2.75, 3.05) is 13.2 Å². The third kappa shape index (κ3) is 2.99. The lowest BCUT2D eigenvalue weighted by Gasteiger charge is -2.45. The van der Waals surface area contributed by atoms with E-state index in [1.165, 1.54) is 6.07 Å². The molecule has 7 nitrogen and oxygen atoms in total. The van der Waals surface area contributed by atoms with E-state index in [1.54, 1.807) is 29.2 Å². The van der Waals surface area contributed by atoms with Crippen molar-refractivity contribution in [2.24, 2.45) is 0 Å². The molecule has 0 saturated carbocycles. The molecule has 0 radical (unpaired) electrons. The number of rotatable bonds is 2. The average molecular weight is 434 g/mol. The first-order valence-electron chi connectivity index (χ1n) is 8.94. The lowest BCUT2D eigenvalue weighted by Crippen LogP contribution is -2.56. The van der Waals surface area contributed by atoms with Crippen molar-refractivity contribution in [3.05, 3.63) is 63.8 Å². The molecule has 29 heavy (non-hydrogen) atoms. The number of carbonyl (C=O) groups is 1. The monoisotopic (exact) mass is 433 g/mol. The third-order valence-electron chi connectivity index (χ3n) is 5.16. The van der Waals surface area contributed by atoms with Gasteiger partial charge in [0.25, 0.3) is 5.91 Å². The molecule has 0 unspecified atom stereocenters. The van der Waals surface area contributed by atoms with Gasteiger partial charge in [-0.25, -0.2) is 9.37 Å². The van der Waals surface area contributed by atoms with E-state index in [-0.39, 0.29) is 23.6 Å². The quantitative estimate of drug-likeness (QED) is 0.619. The Morgan fingerprint density at radius 3 is 2.83 bits per heavy atom. The Labute approximate surface area is 175 Å². The maximum atomic E-state index is 13.3. The van der Waals surface area contributed by atoms with Gasteiger partial charge in [-0.05, 0) is 24.3 Å². The van der Waals surface area contributed by atoms with Crippen LogP contribution < -0.4 is 0 Å². The molecule has 0 N–H and O–H groups in total. The first-order valence-corrected chi connectivity index (χ1v) is 9.69. The zero-order chi connectivity index (χ0) is 20.1. The standard InChI is InChI=1S/C19H14Cl2FN5O2/c20-13-3-1-2-12(16(13)21)19(28)27-11-7-26-17(14-5-4-10(22)6-23-14)24-25-18(26)15(27)9-29-8-11/h1-6,11,15H,7-9H2/t11-,15-/m1/s1. The number of aromatic nitrogens is 4. The molecule has 2 aliphatic heterocycles. The van der Waals surface area contributed by atoms with Crippen molar-refractivity contribution in [1.29, 1.82) is 0 Å². The second kappa shape index (κ2) is 7.05. The minimum Gasteiger partial charge on any atom is -0.377 e. The zero-order valence-corrected chi connectivity index (χ0v) is 16.4. The Balaban J connectivity index is 1.55. The third-order valence-corrected chi connectivity index (χ3v) is 5.98. The Bertz CT molecular complexity index is 1100. The molecule has 5 rings (SSSR count). The number of ether oxygens (including phenoxy) is 1. The van der Waals surface area contributed by atoms with E-state index >= 15 is 0 Å². The molecule has 4 heterocycles. The molecule has 0 spiro atoms. The van der Waals surface area contributed by atoms with Crippen LogP contribution in [0.5, 0.6) is 0 Å². The van der Waals surface area contributed by atoms with E-state index in [1.807, 2.05) is 4.57 Å². The molecular weight excluding hydrogens is 420 g/mol. The highest BCUT2D eigenvalue weighted by molar-refractivity contribution is 6.43. The Kier molecular flexibility index (Phi) is 4.49. The lowest BCUT2D eigenvalue weighted by molar-refractivity contribution is -0.0569. The van der Waals surface area contributed by atoms with Gasteiger partial charge < -0.3 is 14.2 Å². The molecule has 1 fully saturated rings. The normalized spacial score (nSPS) is 20.4. The summed E-state index contributed by atoms with van der Waals surface area (Å²) in [6.45, 7) is 1.08. The fourth-order valence-electron chi connectivity index (χ4n) is 3.84. The lowest BCUT2D eigenvalue weighted by atomic mass is 10.0. The SMILES string of the molecule is O=C(c1cccc(Cl)c1Cl)N1[C@H]2COC[C@@H]1c1nnc(-c3ccc(F)cn3)n1C2. The highest BCUT2D eigenvalue weighted by Gasteiger charge is 2.44. The van der Waals surface area contributed by atoms with Gasteiger partial charge in [0, 0.05) is 6.54 Å². The van der Waals surface area contributed by atoms with Gasteiger partial charge >= 0.3 is 0 Å². The van der Waals surface area contributed by atoms with Gasteiger partial charge in [-0.2, -0.15) is 0 Å². The number of carbonyl (C=O) groups excluding carboxylic acids is 1. The van der Waals surface area contributed by atoms with Gasteiger partial charge in [-0.1, -0.05) is 29.3 Å². The van der Waals surface area contributed by atoms with Crippen molar-refractivity contribution >= 4 is 29.1 Å². The molecule has 3 aromatic rings. The van der Waals surface area contributed by atoms with Gasteiger partial charge in [0.15, 0.2) is 11.6 Å². The average Bonchev–Trinajstić information content (AvgIpc) is 3.13. The van der Waals surface area contributed by atoms with Crippen molar-refractivity contribution in [2.45, 2.75) is 18.6 Å². The van der Waals surface area contributed by atoms with E-state index in [0.717, 1.165) is 6.20 Å². The molecule has 2 aromatic heterocycles. The topological polar surface area (TPSA) is 73.1 Å². The maximum absolute atomic E-state index is 13.3. The molecule has 10 heteroatoms. The largest absolute Gasteiger partial charge is 0.377 e. The highest BCUT2D eigenvalue weighted by Crippen LogP contribution is 2.37. The fraction of sp³-hybridized carbons (Fsp3) is 0.263. The maximum Gasteiger partial charge on any atom is 0.256 e. The molecular formula is C19H14Cl2FN5O2. The molecule has 2 aliphatic rings. The van der Waals surface area contributed by atoms with Gasteiger partial charge in [0.2, 0.25) is 0 Å². The van der Waals surface area contributed by atoms with Crippen LogP contribution in [0.1, 0.15) is 22.2 Å². The number of amides is 1. The summed E-state index contributed by atoms with van der Waals surface area (Å²) in [5.41, 5.74) is 0.853. The molecule has 0 aliphatic carbocycles. The fourth-order valence-corrected chi connectivity index (χ4v) is 4.22. The molecule has 1 amide bonds. The summed E-state index contributed by atoms with van der Waals surface area (Å²) in [7, 11) is 0. The van der Waals surface area contributed by atoms with Gasteiger partial charge in [0.1, 0.15) is 17.6 Å². The van der Waals surface area contributed by atoms with Crippen LogP contribution in [0.3, 0.4) is 0 Å². The summed E-state index contributed by atoms with van der Waals surface area (Å²) in [6, 6.07) is 7.21. The second-order valence-corrected chi connectivity index (χ2v) is 7.66. The van der Waals surface area contributed by atoms with E-state index < -0.39 is 11.9 Å². The van der Waals surface area contributed by atoms with E-state index in [2.05, 4.69) is 15.2 Å². The van der Waals surface area contributed by atoms with Crippen molar-refractivity contribution < 1.29 is 13.9 Å². The number of halogens is 3. The molecule has 2 bridgehead atoms. The van der Waals surface area contributed by atoms with Crippen molar-refractivity contribution in [3.63, 3.8) is 0 Å². The summed E-state index contributed by atoms with van der Waals surface area (Å²) in [4.78, 5) is 19.2. The highest BCUT2D eigenvalue weighted by atomic mass is 35.5. The summed E-state index contributed by atoms with van der Waals surface area (Å²) in [5.74, 6) is 0.470.